The molecule has 1 N–H and O–H groups in total. The largest absolute Gasteiger partial charge is 0.457 e. The van der Waals surface area contributed by atoms with Gasteiger partial charge >= 0.3 is 0 Å². The Hall–Kier alpha value is -3.11. The molecule has 1 aliphatic rings. The summed E-state index contributed by atoms with van der Waals surface area (Å²) in [4.78, 5) is 14.8. The van der Waals surface area contributed by atoms with E-state index in [0.717, 1.165) is 54.2 Å². The average molecular weight is 415 g/mol. The molecule has 0 saturated carbocycles. The Morgan fingerprint density at radius 2 is 1.48 bits per heavy atom. The molecule has 1 saturated heterocycles. The number of anilines is 1. The first-order chi connectivity index (χ1) is 15.1. The monoisotopic (exact) mass is 414 g/mol. The van der Waals surface area contributed by atoms with Crippen molar-refractivity contribution < 1.29 is 9.53 Å². The van der Waals surface area contributed by atoms with Crippen molar-refractivity contribution in [1.82, 2.24) is 4.90 Å². The summed E-state index contributed by atoms with van der Waals surface area (Å²) in [7, 11) is 0. The summed E-state index contributed by atoms with van der Waals surface area (Å²) in [6.45, 7) is 6.39. The van der Waals surface area contributed by atoms with Gasteiger partial charge in [-0.2, -0.15) is 0 Å². The summed E-state index contributed by atoms with van der Waals surface area (Å²) < 4.78 is 5.89. The molecule has 1 aliphatic heterocycles. The number of aryl methyl sites for hydroxylation is 2. The van der Waals surface area contributed by atoms with Crippen LogP contribution in [0.25, 0.3) is 0 Å². The van der Waals surface area contributed by atoms with Gasteiger partial charge in [-0.3, -0.25) is 9.69 Å². The van der Waals surface area contributed by atoms with Crippen molar-refractivity contribution in [3.63, 3.8) is 0 Å². The Morgan fingerprint density at radius 1 is 0.871 bits per heavy atom. The highest BCUT2D eigenvalue weighted by atomic mass is 16.5. The van der Waals surface area contributed by atoms with Gasteiger partial charge in [-0.05, 0) is 86.7 Å². The second-order valence-corrected chi connectivity index (χ2v) is 8.35. The molecule has 0 aliphatic carbocycles. The molecule has 4 nitrogen and oxygen atoms in total. The van der Waals surface area contributed by atoms with Crippen molar-refractivity contribution in [1.29, 1.82) is 0 Å². The molecule has 3 aromatic rings. The third kappa shape index (κ3) is 5.53. The second-order valence-electron chi connectivity index (χ2n) is 8.35. The molecule has 4 heteroatoms. The van der Waals surface area contributed by atoms with Gasteiger partial charge in [0.05, 0.1) is 6.54 Å². The van der Waals surface area contributed by atoms with Crippen molar-refractivity contribution >= 4 is 11.6 Å². The smallest absolute Gasteiger partial charge is 0.238 e. The number of piperidine rings is 1. The van der Waals surface area contributed by atoms with Crippen LogP contribution >= 0.6 is 0 Å². The summed E-state index contributed by atoms with van der Waals surface area (Å²) >= 11 is 0. The Morgan fingerprint density at radius 3 is 2.13 bits per heavy atom. The topological polar surface area (TPSA) is 41.6 Å². The van der Waals surface area contributed by atoms with Crippen LogP contribution in [-0.4, -0.2) is 30.4 Å². The van der Waals surface area contributed by atoms with Crippen molar-refractivity contribution in [3.8, 4) is 11.5 Å². The lowest BCUT2D eigenvalue weighted by Crippen LogP contribution is -2.38. The number of carbonyl (C=O) groups is 1. The zero-order valence-corrected chi connectivity index (χ0v) is 18.3. The maximum atomic E-state index is 12.6. The van der Waals surface area contributed by atoms with Gasteiger partial charge in [-0.1, -0.05) is 48.5 Å². The van der Waals surface area contributed by atoms with E-state index in [0.29, 0.717) is 12.5 Å². The lowest BCUT2D eigenvalue weighted by molar-refractivity contribution is -0.117. The third-order valence-electron chi connectivity index (χ3n) is 6.03. The third-order valence-corrected chi connectivity index (χ3v) is 6.03. The lowest BCUT2D eigenvalue weighted by Gasteiger charge is -2.31. The predicted molar refractivity (Wildman–Crippen MR) is 126 cm³/mol. The number of likely N-dealkylation sites (tertiary alicyclic amines) is 1. The fourth-order valence-corrected chi connectivity index (χ4v) is 4.25. The van der Waals surface area contributed by atoms with E-state index in [-0.39, 0.29) is 5.91 Å². The molecule has 0 atom stereocenters. The van der Waals surface area contributed by atoms with Crippen LogP contribution in [0.4, 0.5) is 5.69 Å². The van der Waals surface area contributed by atoms with E-state index in [1.54, 1.807) is 0 Å². The number of hydrogen-bond acceptors (Lipinski definition) is 3. The summed E-state index contributed by atoms with van der Waals surface area (Å²) in [6, 6.07) is 24.4. The minimum atomic E-state index is 0.0678. The normalized spacial score (nSPS) is 14.9. The number of hydrogen-bond donors (Lipinski definition) is 1. The number of benzene rings is 3. The molecule has 0 unspecified atom stereocenters. The lowest BCUT2D eigenvalue weighted by atomic mass is 9.89. The van der Waals surface area contributed by atoms with Crippen LogP contribution in [0.1, 0.15) is 35.4 Å². The fourth-order valence-electron chi connectivity index (χ4n) is 4.25. The van der Waals surface area contributed by atoms with Crippen molar-refractivity contribution in [2.24, 2.45) is 0 Å². The average Bonchev–Trinajstić information content (AvgIpc) is 2.78. The molecule has 1 fully saturated rings. The first kappa shape index (κ1) is 21.1. The van der Waals surface area contributed by atoms with Gasteiger partial charge in [0.2, 0.25) is 5.91 Å². The molecular weight excluding hydrogens is 384 g/mol. The standard InChI is InChI=1S/C27H30N2O2/c1-20-7-6-8-21(2)27(20)28-26(30)19-29-17-15-23(16-18-29)22-11-13-25(14-12-22)31-24-9-4-3-5-10-24/h3-14,23H,15-19H2,1-2H3,(H,28,30). The molecule has 0 spiro atoms. The Labute approximate surface area is 184 Å². The summed E-state index contributed by atoms with van der Waals surface area (Å²) in [6.07, 6.45) is 2.13. The van der Waals surface area contributed by atoms with Crippen molar-refractivity contribution in [2.45, 2.75) is 32.6 Å². The molecule has 0 radical (unpaired) electrons. The molecular formula is C27H30N2O2. The second kappa shape index (κ2) is 9.80. The number of amides is 1. The number of ether oxygens (including phenoxy) is 1. The van der Waals surface area contributed by atoms with Gasteiger partial charge in [0.15, 0.2) is 0 Å². The van der Waals surface area contributed by atoms with Crippen LogP contribution in [0, 0.1) is 13.8 Å². The van der Waals surface area contributed by atoms with E-state index in [4.69, 9.17) is 4.74 Å². The highest BCUT2D eigenvalue weighted by molar-refractivity contribution is 5.93. The SMILES string of the molecule is Cc1cccc(C)c1NC(=O)CN1CCC(c2ccc(Oc3ccccc3)cc2)CC1. The summed E-state index contributed by atoms with van der Waals surface area (Å²) in [5, 5.41) is 3.10. The quantitative estimate of drug-likeness (QED) is 0.545. The maximum absolute atomic E-state index is 12.6. The van der Waals surface area contributed by atoms with Crippen LogP contribution in [0.2, 0.25) is 0 Å². The van der Waals surface area contributed by atoms with E-state index in [2.05, 4.69) is 22.3 Å². The number of carbonyl (C=O) groups excluding carboxylic acids is 1. The molecule has 31 heavy (non-hydrogen) atoms. The molecule has 160 valence electrons. The van der Waals surface area contributed by atoms with E-state index >= 15 is 0 Å². The first-order valence-electron chi connectivity index (χ1n) is 11.0. The molecule has 1 heterocycles. The Kier molecular flexibility index (Phi) is 6.68. The van der Waals surface area contributed by atoms with E-state index in [1.165, 1.54) is 5.56 Å². The van der Waals surface area contributed by atoms with E-state index < -0.39 is 0 Å². The number of rotatable bonds is 6. The maximum Gasteiger partial charge on any atom is 0.238 e. The first-order valence-corrected chi connectivity index (χ1v) is 11.0. The highest BCUT2D eigenvalue weighted by Crippen LogP contribution is 2.30. The van der Waals surface area contributed by atoms with Gasteiger partial charge in [0.25, 0.3) is 0 Å². The summed E-state index contributed by atoms with van der Waals surface area (Å²) in [5.41, 5.74) is 4.50. The van der Waals surface area contributed by atoms with Crippen LogP contribution in [0.5, 0.6) is 11.5 Å². The van der Waals surface area contributed by atoms with Crippen molar-refractivity contribution in [3.05, 3.63) is 89.5 Å². The van der Waals surface area contributed by atoms with Crippen molar-refractivity contribution in [2.75, 3.05) is 25.0 Å². The Bertz CT molecular complexity index is 987. The zero-order chi connectivity index (χ0) is 21.6. The van der Waals surface area contributed by atoms with E-state index in [9.17, 15) is 4.79 Å². The van der Waals surface area contributed by atoms with Gasteiger partial charge in [-0.15, -0.1) is 0 Å². The highest BCUT2D eigenvalue weighted by Gasteiger charge is 2.22. The van der Waals surface area contributed by atoms with Crippen LogP contribution < -0.4 is 10.1 Å². The number of nitrogens with one attached hydrogen (secondary N) is 1. The minimum Gasteiger partial charge on any atom is -0.457 e. The Balaban J connectivity index is 1.27. The molecule has 0 aromatic heterocycles. The molecule has 0 bridgehead atoms. The molecule has 3 aromatic carbocycles. The molecule has 1 amide bonds. The minimum absolute atomic E-state index is 0.0678. The number of para-hydroxylation sites is 2. The fraction of sp³-hybridized carbons (Fsp3) is 0.296. The van der Waals surface area contributed by atoms with Crippen LogP contribution in [-0.2, 0) is 4.79 Å². The number of nitrogens with zero attached hydrogens (tertiary/aromatic N) is 1. The zero-order valence-electron chi connectivity index (χ0n) is 18.3. The van der Waals surface area contributed by atoms with Crippen LogP contribution in [0.15, 0.2) is 72.8 Å². The summed E-state index contributed by atoms with van der Waals surface area (Å²) in [5.74, 6) is 2.31. The van der Waals surface area contributed by atoms with E-state index in [1.807, 2.05) is 74.5 Å². The predicted octanol–water partition coefficient (Wildman–Crippen LogP) is 5.91. The van der Waals surface area contributed by atoms with Gasteiger partial charge < -0.3 is 10.1 Å². The van der Waals surface area contributed by atoms with Gasteiger partial charge in [0.1, 0.15) is 11.5 Å². The van der Waals surface area contributed by atoms with Crippen LogP contribution in [0.3, 0.4) is 0 Å². The van der Waals surface area contributed by atoms with Gasteiger partial charge in [-0.25, -0.2) is 0 Å². The molecule has 4 rings (SSSR count). The van der Waals surface area contributed by atoms with Gasteiger partial charge in [0, 0.05) is 5.69 Å².